The fraction of sp³-hybridized carbons (Fsp3) is 0.500. The van der Waals surface area contributed by atoms with E-state index >= 15 is 0 Å². The van der Waals surface area contributed by atoms with Gasteiger partial charge in [-0.1, -0.05) is 6.07 Å². The van der Waals surface area contributed by atoms with Crippen molar-refractivity contribution in [1.82, 2.24) is 24.7 Å². The summed E-state index contributed by atoms with van der Waals surface area (Å²) in [5.41, 5.74) is 2.65. The number of nitrogens with one attached hydrogen (secondary N) is 1. The molecule has 3 aromatic heterocycles. The molecule has 8 nitrogen and oxygen atoms in total. The molecule has 4 rings (SSSR count). The van der Waals surface area contributed by atoms with E-state index in [1.165, 1.54) is 16.4 Å². The summed E-state index contributed by atoms with van der Waals surface area (Å²) in [6.45, 7) is 8.17. The van der Waals surface area contributed by atoms with E-state index in [2.05, 4.69) is 32.5 Å². The number of anilines is 1. The average molecular weight is 481 g/mol. The lowest BCUT2D eigenvalue weighted by Crippen LogP contribution is -2.26. The van der Waals surface area contributed by atoms with Crippen LogP contribution in [0.15, 0.2) is 30.7 Å². The number of ether oxygens (including phenoxy) is 1. The van der Waals surface area contributed by atoms with Crippen molar-refractivity contribution in [2.24, 2.45) is 0 Å². The molecule has 1 unspecified atom stereocenters. The van der Waals surface area contributed by atoms with Crippen LogP contribution in [0.3, 0.4) is 0 Å². The molecule has 1 atom stereocenters. The molecule has 0 aliphatic carbocycles. The molecule has 0 fully saturated rings. The number of pyridine rings is 1. The van der Waals surface area contributed by atoms with E-state index in [-0.39, 0.29) is 6.42 Å². The van der Waals surface area contributed by atoms with Crippen LogP contribution in [0.4, 0.5) is 10.2 Å². The Morgan fingerprint density at radius 2 is 2.00 bits per heavy atom. The van der Waals surface area contributed by atoms with Gasteiger partial charge in [-0.05, 0) is 71.4 Å². The zero-order valence-corrected chi connectivity index (χ0v) is 20.8. The van der Waals surface area contributed by atoms with Crippen molar-refractivity contribution in [3.63, 3.8) is 0 Å². The number of fused-ring (bicyclic) bond motifs is 1. The lowest BCUT2D eigenvalue weighted by atomic mass is 10.1. The number of aromatic nitrogens is 5. The molecule has 9 heteroatoms. The molecular weight excluding hydrogens is 447 g/mol. The molecule has 0 radical (unpaired) electrons. The molecule has 4 heterocycles. The van der Waals surface area contributed by atoms with Crippen molar-refractivity contribution in [2.45, 2.75) is 77.9 Å². The largest absolute Gasteiger partial charge is 0.460 e. The first kappa shape index (κ1) is 24.8. The lowest BCUT2D eigenvalue weighted by molar-refractivity contribution is -0.155. The fourth-order valence-electron chi connectivity index (χ4n) is 4.16. The quantitative estimate of drug-likeness (QED) is 0.478. The molecule has 1 N–H and O–H groups in total. The number of nitrogens with zero attached hydrogens (tertiary/aromatic N) is 5. The summed E-state index contributed by atoms with van der Waals surface area (Å²) in [6.07, 6.45) is 8.71. The first-order valence-electron chi connectivity index (χ1n) is 12.1. The summed E-state index contributed by atoms with van der Waals surface area (Å²) in [6, 6.07) is 3.61. The third kappa shape index (κ3) is 6.61. The SMILES string of the molecule is Cc1ncc(C(CC(=O)OC(C)(C)C)n2cc(F)c(CCCc3ccc4c(n3)NCCC4)n2)cn1. The number of halogens is 1. The van der Waals surface area contributed by atoms with Gasteiger partial charge in [-0.15, -0.1) is 0 Å². The Bertz CT molecular complexity index is 1170. The van der Waals surface area contributed by atoms with E-state index in [9.17, 15) is 9.18 Å². The fourth-order valence-corrected chi connectivity index (χ4v) is 4.16. The van der Waals surface area contributed by atoms with E-state index < -0.39 is 23.4 Å². The van der Waals surface area contributed by atoms with Crippen molar-refractivity contribution < 1.29 is 13.9 Å². The maximum absolute atomic E-state index is 14.9. The minimum Gasteiger partial charge on any atom is -0.460 e. The third-order valence-corrected chi connectivity index (χ3v) is 5.84. The monoisotopic (exact) mass is 480 g/mol. The molecule has 0 amide bonds. The van der Waals surface area contributed by atoms with Gasteiger partial charge in [0, 0.05) is 30.2 Å². The molecule has 186 valence electrons. The van der Waals surface area contributed by atoms with Crippen LogP contribution in [-0.2, 0) is 28.8 Å². The second kappa shape index (κ2) is 10.5. The van der Waals surface area contributed by atoms with Gasteiger partial charge in [0.25, 0.3) is 0 Å². The Morgan fingerprint density at radius 1 is 1.23 bits per heavy atom. The number of esters is 1. The summed E-state index contributed by atoms with van der Waals surface area (Å²) in [4.78, 5) is 25.8. The second-order valence-corrected chi connectivity index (χ2v) is 9.97. The van der Waals surface area contributed by atoms with Crippen LogP contribution in [0.1, 0.15) is 74.4 Å². The highest BCUT2D eigenvalue weighted by molar-refractivity contribution is 5.71. The normalized spacial score (nSPS) is 14.2. The molecular formula is C26H33FN6O2. The van der Waals surface area contributed by atoms with Gasteiger partial charge in [0.15, 0.2) is 5.82 Å². The van der Waals surface area contributed by atoms with Crippen LogP contribution in [0.2, 0.25) is 0 Å². The summed E-state index contributed by atoms with van der Waals surface area (Å²) >= 11 is 0. The van der Waals surface area contributed by atoms with Crippen molar-refractivity contribution >= 4 is 11.8 Å². The van der Waals surface area contributed by atoms with E-state index in [1.54, 1.807) is 19.3 Å². The molecule has 3 aromatic rings. The number of hydrogen-bond acceptors (Lipinski definition) is 7. The summed E-state index contributed by atoms with van der Waals surface area (Å²) in [5.74, 6) is 0.789. The Kier molecular flexibility index (Phi) is 7.42. The molecule has 1 aliphatic heterocycles. The minimum atomic E-state index is -0.619. The Morgan fingerprint density at radius 3 is 2.74 bits per heavy atom. The molecule has 0 bridgehead atoms. The smallest absolute Gasteiger partial charge is 0.308 e. The first-order chi connectivity index (χ1) is 16.7. The van der Waals surface area contributed by atoms with Gasteiger partial charge in [0.05, 0.1) is 24.4 Å². The molecule has 0 aromatic carbocycles. The maximum Gasteiger partial charge on any atom is 0.308 e. The van der Waals surface area contributed by atoms with E-state index in [0.29, 0.717) is 29.9 Å². The van der Waals surface area contributed by atoms with E-state index in [0.717, 1.165) is 37.3 Å². The molecule has 1 aliphatic rings. The Labute approximate surface area is 205 Å². The van der Waals surface area contributed by atoms with Crippen LogP contribution in [0.5, 0.6) is 0 Å². The zero-order chi connectivity index (χ0) is 25.0. The van der Waals surface area contributed by atoms with Crippen LogP contribution in [0.25, 0.3) is 0 Å². The first-order valence-corrected chi connectivity index (χ1v) is 12.1. The molecule has 0 spiro atoms. The predicted octanol–water partition coefficient (Wildman–Crippen LogP) is 4.37. The summed E-state index contributed by atoms with van der Waals surface area (Å²) < 4.78 is 21.8. The van der Waals surface area contributed by atoms with Gasteiger partial charge in [0.2, 0.25) is 0 Å². The van der Waals surface area contributed by atoms with Crippen LogP contribution in [0, 0.1) is 12.7 Å². The highest BCUT2D eigenvalue weighted by Gasteiger charge is 2.25. The van der Waals surface area contributed by atoms with E-state index in [4.69, 9.17) is 9.72 Å². The van der Waals surface area contributed by atoms with Crippen LogP contribution < -0.4 is 5.32 Å². The number of carbonyl (C=O) groups excluding carboxylic acids is 1. The highest BCUT2D eigenvalue weighted by Crippen LogP contribution is 2.25. The van der Waals surface area contributed by atoms with Crippen LogP contribution >= 0.6 is 0 Å². The van der Waals surface area contributed by atoms with Gasteiger partial charge in [-0.2, -0.15) is 5.10 Å². The van der Waals surface area contributed by atoms with Crippen molar-refractivity contribution in [3.8, 4) is 0 Å². The van der Waals surface area contributed by atoms with Gasteiger partial charge >= 0.3 is 5.97 Å². The standard InChI is InChI=1S/C26H33FN6O2/c1-17-29-14-19(15-30-17)23(13-24(34)35-26(2,3)4)33-16-21(27)22(32-33)9-5-8-20-11-10-18-7-6-12-28-25(18)31-20/h10-11,14-16,23H,5-9,12-13H2,1-4H3,(H,28,31). The molecule has 0 saturated heterocycles. The number of rotatable bonds is 8. The minimum absolute atomic E-state index is 0.00367. The summed E-state index contributed by atoms with van der Waals surface area (Å²) in [5, 5.41) is 7.86. The zero-order valence-electron chi connectivity index (χ0n) is 20.8. The molecule has 35 heavy (non-hydrogen) atoms. The van der Waals surface area contributed by atoms with E-state index in [1.807, 2.05) is 20.8 Å². The molecule has 0 saturated carbocycles. The van der Waals surface area contributed by atoms with Gasteiger partial charge in [-0.3, -0.25) is 9.48 Å². The Hall–Kier alpha value is -3.36. The lowest BCUT2D eigenvalue weighted by Gasteiger charge is -2.22. The van der Waals surface area contributed by atoms with Crippen molar-refractivity contribution in [1.29, 1.82) is 0 Å². The average Bonchev–Trinajstić information content (AvgIpc) is 3.17. The third-order valence-electron chi connectivity index (χ3n) is 5.84. The number of aryl methyl sites for hydroxylation is 4. The topological polar surface area (TPSA) is 94.8 Å². The van der Waals surface area contributed by atoms with Crippen molar-refractivity contribution in [3.05, 3.63) is 64.9 Å². The van der Waals surface area contributed by atoms with Crippen LogP contribution in [-0.4, -0.2) is 42.8 Å². The van der Waals surface area contributed by atoms with Gasteiger partial charge < -0.3 is 10.1 Å². The highest BCUT2D eigenvalue weighted by atomic mass is 19.1. The predicted molar refractivity (Wildman–Crippen MR) is 131 cm³/mol. The number of carbonyl (C=O) groups is 1. The Balaban J connectivity index is 1.46. The van der Waals surface area contributed by atoms with Gasteiger partial charge in [-0.25, -0.2) is 19.3 Å². The maximum atomic E-state index is 14.9. The second-order valence-electron chi connectivity index (χ2n) is 9.97. The van der Waals surface area contributed by atoms with Gasteiger partial charge in [0.1, 0.15) is 17.2 Å². The number of hydrogen-bond donors (Lipinski definition) is 1. The summed E-state index contributed by atoms with van der Waals surface area (Å²) in [7, 11) is 0. The van der Waals surface area contributed by atoms with Crippen molar-refractivity contribution in [2.75, 3.05) is 11.9 Å².